The Kier molecular flexibility index (Phi) is 3.79. The van der Waals surface area contributed by atoms with Crippen LogP contribution in [0, 0.1) is 11.6 Å². The Labute approximate surface area is 125 Å². The molecule has 1 atom stereocenters. The molecule has 0 spiro atoms. The van der Waals surface area contributed by atoms with Gasteiger partial charge in [0.15, 0.2) is 0 Å². The summed E-state index contributed by atoms with van der Waals surface area (Å²) in [5.74, 6) is -0.991. The summed E-state index contributed by atoms with van der Waals surface area (Å²) in [5.41, 5.74) is 12.7. The number of fused-ring (bicyclic) bond motifs is 1. The highest BCUT2D eigenvalue weighted by Gasteiger charge is 2.16. The van der Waals surface area contributed by atoms with Gasteiger partial charge in [-0.1, -0.05) is 18.2 Å². The monoisotopic (exact) mass is 300 g/mol. The van der Waals surface area contributed by atoms with Crippen LogP contribution in [-0.4, -0.2) is 16.5 Å². The predicted octanol–water partition coefficient (Wildman–Crippen LogP) is 2.53. The minimum atomic E-state index is -0.684. The first-order chi connectivity index (χ1) is 10.6. The third-order valence-corrected chi connectivity index (χ3v) is 3.39. The Bertz CT molecular complexity index is 835. The summed E-state index contributed by atoms with van der Waals surface area (Å²) in [6.45, 7) is 0.170. The van der Waals surface area contributed by atoms with Crippen molar-refractivity contribution >= 4 is 10.9 Å². The fourth-order valence-corrected chi connectivity index (χ4v) is 2.25. The lowest BCUT2D eigenvalue weighted by Gasteiger charge is -2.12. The minimum absolute atomic E-state index is 0.170. The van der Waals surface area contributed by atoms with Crippen LogP contribution in [0.5, 0.6) is 0 Å². The SMILES string of the molecule is NCC(N)c1nc(-c2ccc(F)cc2F)c2ccccc2n1. The molecule has 112 valence electrons. The number of hydrogen-bond donors (Lipinski definition) is 2. The van der Waals surface area contributed by atoms with Gasteiger partial charge < -0.3 is 11.5 Å². The summed E-state index contributed by atoms with van der Waals surface area (Å²) in [6, 6.07) is 10.0. The first-order valence-corrected chi connectivity index (χ1v) is 6.78. The van der Waals surface area contributed by atoms with Gasteiger partial charge in [-0.05, 0) is 18.2 Å². The van der Waals surface area contributed by atoms with Gasteiger partial charge in [-0.3, -0.25) is 0 Å². The molecule has 0 fully saturated rings. The molecule has 0 saturated heterocycles. The molecule has 3 rings (SSSR count). The molecular formula is C16H14F2N4. The van der Waals surface area contributed by atoms with E-state index < -0.39 is 17.7 Å². The van der Waals surface area contributed by atoms with Crippen molar-refractivity contribution in [2.45, 2.75) is 6.04 Å². The van der Waals surface area contributed by atoms with Crippen LogP contribution in [0.1, 0.15) is 11.9 Å². The fraction of sp³-hybridized carbons (Fsp3) is 0.125. The Morgan fingerprint density at radius 2 is 1.82 bits per heavy atom. The van der Waals surface area contributed by atoms with Crippen molar-refractivity contribution in [1.29, 1.82) is 0 Å². The zero-order chi connectivity index (χ0) is 15.7. The van der Waals surface area contributed by atoms with Crippen LogP contribution in [-0.2, 0) is 0 Å². The molecule has 4 N–H and O–H groups in total. The van der Waals surface area contributed by atoms with Gasteiger partial charge in [0.25, 0.3) is 0 Å². The molecule has 3 aromatic rings. The Morgan fingerprint density at radius 1 is 1.05 bits per heavy atom. The van der Waals surface area contributed by atoms with E-state index in [1.54, 1.807) is 18.2 Å². The summed E-state index contributed by atoms with van der Waals surface area (Å²) in [4.78, 5) is 8.72. The van der Waals surface area contributed by atoms with Crippen LogP contribution in [0.25, 0.3) is 22.2 Å². The highest BCUT2D eigenvalue weighted by Crippen LogP contribution is 2.29. The van der Waals surface area contributed by atoms with Crippen molar-refractivity contribution in [3.63, 3.8) is 0 Å². The average Bonchev–Trinajstić information content (AvgIpc) is 2.53. The van der Waals surface area contributed by atoms with E-state index in [9.17, 15) is 8.78 Å². The van der Waals surface area contributed by atoms with Crippen LogP contribution in [0.2, 0.25) is 0 Å². The lowest BCUT2D eigenvalue weighted by Crippen LogP contribution is -2.23. The van der Waals surface area contributed by atoms with Crippen LogP contribution in [0.4, 0.5) is 8.78 Å². The first-order valence-electron chi connectivity index (χ1n) is 6.78. The van der Waals surface area contributed by atoms with Gasteiger partial charge in [0.05, 0.1) is 17.3 Å². The van der Waals surface area contributed by atoms with Crippen LogP contribution < -0.4 is 11.5 Å². The van der Waals surface area contributed by atoms with E-state index in [1.807, 2.05) is 6.07 Å². The van der Waals surface area contributed by atoms with Crippen molar-refractivity contribution in [1.82, 2.24) is 9.97 Å². The maximum Gasteiger partial charge on any atom is 0.147 e. The second kappa shape index (κ2) is 5.75. The van der Waals surface area contributed by atoms with Crippen molar-refractivity contribution in [3.05, 3.63) is 59.9 Å². The summed E-state index contributed by atoms with van der Waals surface area (Å²) in [6.07, 6.45) is 0. The number of aromatic nitrogens is 2. The molecule has 4 nitrogen and oxygen atoms in total. The molecule has 0 aliphatic carbocycles. The number of rotatable bonds is 3. The molecule has 0 bridgehead atoms. The Balaban J connectivity index is 2.31. The third kappa shape index (κ3) is 2.54. The lowest BCUT2D eigenvalue weighted by atomic mass is 10.1. The molecular weight excluding hydrogens is 286 g/mol. The molecule has 0 saturated carbocycles. The van der Waals surface area contributed by atoms with Gasteiger partial charge in [-0.15, -0.1) is 0 Å². The van der Waals surface area contributed by atoms with Gasteiger partial charge in [-0.2, -0.15) is 0 Å². The van der Waals surface area contributed by atoms with Crippen LogP contribution in [0.3, 0.4) is 0 Å². The van der Waals surface area contributed by atoms with Crippen LogP contribution >= 0.6 is 0 Å². The summed E-state index contributed by atoms with van der Waals surface area (Å²) in [7, 11) is 0. The second-order valence-corrected chi connectivity index (χ2v) is 4.91. The molecule has 1 aromatic heterocycles. The van der Waals surface area contributed by atoms with E-state index in [0.29, 0.717) is 22.4 Å². The van der Waals surface area contributed by atoms with E-state index in [0.717, 1.165) is 6.07 Å². The molecule has 2 aromatic carbocycles. The van der Waals surface area contributed by atoms with E-state index in [-0.39, 0.29) is 12.1 Å². The average molecular weight is 300 g/mol. The lowest BCUT2D eigenvalue weighted by molar-refractivity contribution is 0.585. The number of nitrogens with two attached hydrogens (primary N) is 2. The molecule has 0 aliphatic rings. The van der Waals surface area contributed by atoms with Crippen molar-refractivity contribution < 1.29 is 8.78 Å². The maximum absolute atomic E-state index is 14.1. The summed E-state index contributed by atoms with van der Waals surface area (Å²) < 4.78 is 27.3. The van der Waals surface area contributed by atoms with Gasteiger partial charge in [0.2, 0.25) is 0 Å². The molecule has 0 aliphatic heterocycles. The number of nitrogens with zero attached hydrogens (tertiary/aromatic N) is 2. The molecule has 0 radical (unpaired) electrons. The van der Waals surface area contributed by atoms with Gasteiger partial charge in [-0.25, -0.2) is 18.7 Å². The van der Waals surface area contributed by atoms with E-state index >= 15 is 0 Å². The smallest absolute Gasteiger partial charge is 0.147 e. The second-order valence-electron chi connectivity index (χ2n) is 4.91. The Hall–Kier alpha value is -2.44. The summed E-state index contributed by atoms with van der Waals surface area (Å²) >= 11 is 0. The Morgan fingerprint density at radius 3 is 2.55 bits per heavy atom. The standard InChI is InChI=1S/C16H14F2N4/c17-9-5-6-10(12(18)7-9)15-11-3-1-2-4-14(11)21-16(22-15)13(20)8-19/h1-7,13H,8,19-20H2. The van der Waals surface area contributed by atoms with E-state index in [2.05, 4.69) is 9.97 Å². The molecule has 1 heterocycles. The van der Waals surface area contributed by atoms with Crippen molar-refractivity contribution in [3.8, 4) is 11.3 Å². The largest absolute Gasteiger partial charge is 0.328 e. The molecule has 6 heteroatoms. The van der Waals surface area contributed by atoms with Crippen LogP contribution in [0.15, 0.2) is 42.5 Å². The van der Waals surface area contributed by atoms with Gasteiger partial charge in [0.1, 0.15) is 17.5 Å². The molecule has 0 amide bonds. The van der Waals surface area contributed by atoms with Gasteiger partial charge >= 0.3 is 0 Å². The highest BCUT2D eigenvalue weighted by molar-refractivity contribution is 5.92. The zero-order valence-electron chi connectivity index (χ0n) is 11.6. The molecule has 1 unspecified atom stereocenters. The number of hydrogen-bond acceptors (Lipinski definition) is 4. The first kappa shape index (κ1) is 14.5. The normalized spacial score (nSPS) is 12.5. The van der Waals surface area contributed by atoms with E-state index in [1.165, 1.54) is 12.1 Å². The number of para-hydroxylation sites is 1. The highest BCUT2D eigenvalue weighted by atomic mass is 19.1. The van der Waals surface area contributed by atoms with Crippen molar-refractivity contribution in [2.24, 2.45) is 11.5 Å². The summed E-state index contributed by atoms with van der Waals surface area (Å²) in [5, 5.41) is 0.668. The van der Waals surface area contributed by atoms with E-state index in [4.69, 9.17) is 11.5 Å². The number of halogens is 2. The third-order valence-electron chi connectivity index (χ3n) is 3.39. The zero-order valence-corrected chi connectivity index (χ0v) is 11.6. The topological polar surface area (TPSA) is 77.8 Å². The van der Waals surface area contributed by atoms with Crippen molar-refractivity contribution in [2.75, 3.05) is 6.54 Å². The minimum Gasteiger partial charge on any atom is -0.328 e. The fourth-order valence-electron chi connectivity index (χ4n) is 2.25. The molecule has 22 heavy (non-hydrogen) atoms. The maximum atomic E-state index is 14.1. The van der Waals surface area contributed by atoms with Gasteiger partial charge in [0, 0.05) is 23.6 Å². The predicted molar refractivity (Wildman–Crippen MR) is 80.9 cm³/mol. The quantitative estimate of drug-likeness (QED) is 0.779. The number of benzene rings is 2.